The van der Waals surface area contributed by atoms with Crippen molar-refractivity contribution in [1.82, 2.24) is 10.3 Å². The van der Waals surface area contributed by atoms with Gasteiger partial charge in [0.05, 0.1) is 18.0 Å². The lowest BCUT2D eigenvalue weighted by atomic mass is 10.0. The second kappa shape index (κ2) is 7.45. The highest BCUT2D eigenvalue weighted by Crippen LogP contribution is 2.21. The fourth-order valence-electron chi connectivity index (χ4n) is 2.62. The molecule has 1 heterocycles. The van der Waals surface area contributed by atoms with Crippen LogP contribution < -0.4 is 16.4 Å². The van der Waals surface area contributed by atoms with Crippen LogP contribution >= 0.6 is 11.6 Å². The largest absolute Gasteiger partial charge is 0.417 e. The number of hydrogen-bond acceptors (Lipinski definition) is 4. The third-order valence-corrected chi connectivity index (χ3v) is 3.99. The highest BCUT2D eigenvalue weighted by molar-refractivity contribution is 6.30. The Morgan fingerprint density at radius 1 is 1.19 bits per heavy atom. The third kappa shape index (κ3) is 4.31. The van der Waals surface area contributed by atoms with E-state index in [2.05, 4.69) is 15.6 Å². The predicted molar refractivity (Wildman–Crippen MR) is 98.1 cm³/mol. The summed E-state index contributed by atoms with van der Waals surface area (Å²) in [6.45, 7) is 1.39. The maximum atomic E-state index is 12.4. The van der Waals surface area contributed by atoms with Crippen molar-refractivity contribution in [3.63, 3.8) is 0 Å². The molecule has 0 spiro atoms. The third-order valence-electron chi connectivity index (χ3n) is 3.74. The first-order valence-corrected chi connectivity index (χ1v) is 8.24. The van der Waals surface area contributed by atoms with Gasteiger partial charge in [0, 0.05) is 17.6 Å². The molecule has 0 aliphatic carbocycles. The standard InChI is InChI=1S/C18H16ClN3O4/c1-10(23)20-14(11-2-4-12(19)5-3-11)9-17(24)21-13-6-7-16-15(8-13)22-18(25)26-16/h2-8,14H,9H2,1H3,(H,20,23)(H,21,24)(H,22,25). The van der Waals surface area contributed by atoms with E-state index in [1.54, 1.807) is 42.5 Å². The molecule has 2 aromatic carbocycles. The molecule has 3 aromatic rings. The summed E-state index contributed by atoms with van der Waals surface area (Å²) in [6, 6.07) is 11.3. The summed E-state index contributed by atoms with van der Waals surface area (Å²) in [5.41, 5.74) is 2.18. The van der Waals surface area contributed by atoms with Crippen molar-refractivity contribution in [2.75, 3.05) is 5.32 Å². The Kier molecular flexibility index (Phi) is 5.09. The first-order chi connectivity index (χ1) is 12.4. The van der Waals surface area contributed by atoms with Gasteiger partial charge >= 0.3 is 5.76 Å². The van der Waals surface area contributed by atoms with E-state index < -0.39 is 11.8 Å². The Labute approximate surface area is 153 Å². The number of oxazole rings is 1. The maximum absolute atomic E-state index is 12.4. The number of halogens is 1. The minimum Gasteiger partial charge on any atom is -0.408 e. The molecule has 0 radical (unpaired) electrons. The number of benzene rings is 2. The average Bonchev–Trinajstić information content (AvgIpc) is 2.93. The number of hydrogen-bond donors (Lipinski definition) is 3. The van der Waals surface area contributed by atoms with E-state index in [4.69, 9.17) is 16.0 Å². The van der Waals surface area contributed by atoms with Gasteiger partial charge in [0.15, 0.2) is 5.58 Å². The molecule has 1 atom stereocenters. The van der Waals surface area contributed by atoms with Gasteiger partial charge in [-0.3, -0.25) is 14.6 Å². The second-order valence-corrected chi connectivity index (χ2v) is 6.22. The van der Waals surface area contributed by atoms with Gasteiger partial charge < -0.3 is 15.1 Å². The molecule has 0 saturated heterocycles. The molecule has 1 aromatic heterocycles. The normalized spacial score (nSPS) is 11.9. The summed E-state index contributed by atoms with van der Waals surface area (Å²) in [5.74, 6) is -1.09. The molecule has 0 saturated carbocycles. The number of amides is 2. The molecule has 0 aliphatic heterocycles. The minimum atomic E-state index is -0.558. The van der Waals surface area contributed by atoms with E-state index in [0.717, 1.165) is 5.56 Å². The number of rotatable bonds is 5. The maximum Gasteiger partial charge on any atom is 0.417 e. The van der Waals surface area contributed by atoms with E-state index in [9.17, 15) is 14.4 Å². The Bertz CT molecular complexity index is 1010. The molecule has 26 heavy (non-hydrogen) atoms. The molecule has 1 unspecified atom stereocenters. The molecule has 3 N–H and O–H groups in total. The van der Waals surface area contributed by atoms with Crippen molar-refractivity contribution in [3.05, 3.63) is 63.6 Å². The van der Waals surface area contributed by atoms with Crippen LogP contribution in [0.1, 0.15) is 24.9 Å². The Balaban J connectivity index is 1.74. The van der Waals surface area contributed by atoms with Crippen molar-refractivity contribution in [2.24, 2.45) is 0 Å². The summed E-state index contributed by atoms with van der Waals surface area (Å²) in [6.07, 6.45) is 0.0428. The first-order valence-electron chi connectivity index (χ1n) is 7.86. The number of H-pyrrole nitrogens is 1. The van der Waals surface area contributed by atoms with Crippen LogP contribution in [0, 0.1) is 0 Å². The summed E-state index contributed by atoms with van der Waals surface area (Å²) >= 11 is 5.89. The van der Waals surface area contributed by atoms with Crippen molar-refractivity contribution < 1.29 is 14.0 Å². The molecular weight excluding hydrogens is 358 g/mol. The SMILES string of the molecule is CC(=O)NC(CC(=O)Nc1ccc2oc(=O)[nH]c2c1)c1ccc(Cl)cc1. The molecule has 8 heteroatoms. The van der Waals surface area contributed by atoms with Gasteiger partial charge in [-0.15, -0.1) is 0 Å². The summed E-state index contributed by atoms with van der Waals surface area (Å²) < 4.78 is 4.92. The van der Waals surface area contributed by atoms with Crippen LogP contribution in [0.3, 0.4) is 0 Å². The van der Waals surface area contributed by atoms with E-state index in [0.29, 0.717) is 21.8 Å². The smallest absolute Gasteiger partial charge is 0.408 e. The Morgan fingerprint density at radius 2 is 1.92 bits per heavy atom. The zero-order chi connectivity index (χ0) is 18.7. The number of aromatic amines is 1. The average molecular weight is 374 g/mol. The van der Waals surface area contributed by atoms with E-state index in [-0.39, 0.29) is 18.2 Å². The van der Waals surface area contributed by atoms with Crippen molar-refractivity contribution in [2.45, 2.75) is 19.4 Å². The molecule has 0 fully saturated rings. The quantitative estimate of drug-likeness (QED) is 0.639. The lowest BCUT2D eigenvalue weighted by Crippen LogP contribution is -2.29. The van der Waals surface area contributed by atoms with Crippen LogP contribution in [-0.2, 0) is 9.59 Å². The van der Waals surface area contributed by atoms with Crippen molar-refractivity contribution in [1.29, 1.82) is 0 Å². The molecule has 0 bridgehead atoms. The monoisotopic (exact) mass is 373 g/mol. The minimum absolute atomic E-state index is 0.0428. The van der Waals surface area contributed by atoms with Crippen LogP contribution in [0.2, 0.25) is 5.02 Å². The van der Waals surface area contributed by atoms with Gasteiger partial charge in [0.1, 0.15) is 0 Å². The van der Waals surface area contributed by atoms with E-state index in [1.807, 2.05) is 0 Å². The fraction of sp³-hybridized carbons (Fsp3) is 0.167. The molecule has 3 rings (SSSR count). The Morgan fingerprint density at radius 3 is 2.62 bits per heavy atom. The van der Waals surface area contributed by atoms with Gasteiger partial charge in [-0.25, -0.2) is 4.79 Å². The van der Waals surface area contributed by atoms with E-state index >= 15 is 0 Å². The van der Waals surface area contributed by atoms with Gasteiger partial charge in [0.2, 0.25) is 11.8 Å². The summed E-state index contributed by atoms with van der Waals surface area (Å²) in [5, 5.41) is 6.08. The van der Waals surface area contributed by atoms with E-state index in [1.165, 1.54) is 6.92 Å². The van der Waals surface area contributed by atoms with Crippen LogP contribution in [0.4, 0.5) is 5.69 Å². The summed E-state index contributed by atoms with van der Waals surface area (Å²) in [7, 11) is 0. The topological polar surface area (TPSA) is 104 Å². The van der Waals surface area contributed by atoms with Crippen molar-refractivity contribution >= 4 is 40.2 Å². The fourth-order valence-corrected chi connectivity index (χ4v) is 2.75. The highest BCUT2D eigenvalue weighted by Gasteiger charge is 2.17. The number of anilines is 1. The molecule has 7 nitrogen and oxygen atoms in total. The summed E-state index contributed by atoms with van der Waals surface area (Å²) in [4.78, 5) is 37.6. The van der Waals surface area contributed by atoms with Crippen LogP contribution in [0.25, 0.3) is 11.1 Å². The van der Waals surface area contributed by atoms with Gasteiger partial charge in [-0.1, -0.05) is 23.7 Å². The molecular formula is C18H16ClN3O4. The van der Waals surface area contributed by atoms with Crippen molar-refractivity contribution in [3.8, 4) is 0 Å². The molecule has 134 valence electrons. The van der Waals surface area contributed by atoms with Crippen LogP contribution in [0.5, 0.6) is 0 Å². The number of carbonyl (C=O) groups excluding carboxylic acids is 2. The highest BCUT2D eigenvalue weighted by atomic mass is 35.5. The zero-order valence-corrected chi connectivity index (χ0v) is 14.6. The molecule has 0 aliphatic rings. The van der Waals surface area contributed by atoms with Gasteiger partial charge in [0.25, 0.3) is 0 Å². The van der Waals surface area contributed by atoms with Gasteiger partial charge in [-0.05, 0) is 35.9 Å². The van der Waals surface area contributed by atoms with Crippen LogP contribution in [0.15, 0.2) is 51.7 Å². The lowest BCUT2D eigenvalue weighted by molar-refractivity contribution is -0.120. The number of fused-ring (bicyclic) bond motifs is 1. The number of carbonyl (C=O) groups is 2. The van der Waals surface area contributed by atoms with Crippen LogP contribution in [-0.4, -0.2) is 16.8 Å². The lowest BCUT2D eigenvalue weighted by Gasteiger charge is -2.18. The second-order valence-electron chi connectivity index (χ2n) is 5.78. The zero-order valence-electron chi connectivity index (χ0n) is 13.8. The Hall–Kier alpha value is -3.06. The molecule has 2 amide bonds. The van der Waals surface area contributed by atoms with Gasteiger partial charge in [-0.2, -0.15) is 0 Å². The number of aromatic nitrogens is 1. The number of nitrogens with one attached hydrogen (secondary N) is 3. The predicted octanol–water partition coefficient (Wildman–Crippen LogP) is 2.98. The first kappa shape index (κ1) is 17.8.